The number of nitrogen functional groups attached to an aromatic ring is 1. The van der Waals surface area contributed by atoms with Gasteiger partial charge in [0, 0.05) is 35.1 Å². The van der Waals surface area contributed by atoms with Gasteiger partial charge >= 0.3 is 0 Å². The van der Waals surface area contributed by atoms with Crippen LogP contribution in [0.2, 0.25) is 0 Å². The number of hydrogen-bond donors (Lipinski definition) is 2. The van der Waals surface area contributed by atoms with Crippen LogP contribution in [0.1, 0.15) is 10.4 Å². The number of benzene rings is 1. The summed E-state index contributed by atoms with van der Waals surface area (Å²) in [6, 6.07) is 5.47. The van der Waals surface area contributed by atoms with Gasteiger partial charge in [-0.25, -0.2) is 4.68 Å². The lowest BCUT2D eigenvalue weighted by Gasteiger charge is -2.08. The summed E-state index contributed by atoms with van der Waals surface area (Å²) in [4.78, 5) is 15.2. The third kappa shape index (κ3) is 1.79. The third-order valence-corrected chi connectivity index (χ3v) is 2.94. The highest BCUT2D eigenvalue weighted by atomic mass is 16.1. The van der Waals surface area contributed by atoms with E-state index in [9.17, 15) is 4.79 Å². The van der Waals surface area contributed by atoms with Crippen molar-refractivity contribution in [1.82, 2.24) is 14.8 Å². The van der Waals surface area contributed by atoms with Crippen LogP contribution in [0.15, 0.2) is 43.0 Å². The van der Waals surface area contributed by atoms with Gasteiger partial charge in [0.1, 0.15) is 0 Å². The van der Waals surface area contributed by atoms with Crippen LogP contribution in [-0.4, -0.2) is 20.7 Å². The molecule has 2 heterocycles. The fourth-order valence-electron chi connectivity index (χ4n) is 1.98. The number of aromatic nitrogens is 3. The summed E-state index contributed by atoms with van der Waals surface area (Å²) in [6.45, 7) is 0. The molecule has 3 rings (SSSR count). The van der Waals surface area contributed by atoms with Gasteiger partial charge in [-0.15, -0.1) is 0 Å². The second kappa shape index (κ2) is 4.09. The molecule has 94 valence electrons. The first-order chi connectivity index (χ1) is 9.16. The van der Waals surface area contributed by atoms with Gasteiger partial charge in [-0.05, 0) is 18.2 Å². The molecule has 0 atom stereocenters. The smallest absolute Gasteiger partial charge is 0.251 e. The first-order valence-corrected chi connectivity index (χ1v) is 5.64. The lowest BCUT2D eigenvalue weighted by Crippen LogP contribution is -2.09. The summed E-state index contributed by atoms with van der Waals surface area (Å²) < 4.78 is 1.59. The molecule has 1 amide bonds. The number of pyridine rings is 1. The van der Waals surface area contributed by atoms with E-state index in [1.54, 1.807) is 29.3 Å². The number of anilines is 1. The van der Waals surface area contributed by atoms with Crippen molar-refractivity contribution in [2.45, 2.75) is 0 Å². The Balaban J connectivity index is 2.24. The van der Waals surface area contributed by atoms with Gasteiger partial charge in [0.2, 0.25) is 0 Å². The fourth-order valence-corrected chi connectivity index (χ4v) is 1.98. The number of rotatable bonds is 2. The summed E-state index contributed by atoms with van der Waals surface area (Å²) in [5.41, 5.74) is 13.0. The number of fused-ring (bicyclic) bond motifs is 1. The maximum atomic E-state index is 11.1. The number of carbonyl (C=O) groups excluding carboxylic acids is 1. The van der Waals surface area contributed by atoms with Crippen LogP contribution in [0.4, 0.5) is 5.69 Å². The SMILES string of the molecule is NC(=O)c1cnn(-c2ccc(N)c3ccncc23)c1. The van der Waals surface area contributed by atoms with Gasteiger partial charge in [-0.2, -0.15) is 5.10 Å². The highest BCUT2D eigenvalue weighted by Gasteiger charge is 2.09. The Morgan fingerprint density at radius 2 is 2.00 bits per heavy atom. The molecule has 4 N–H and O–H groups in total. The van der Waals surface area contributed by atoms with Gasteiger partial charge in [-0.3, -0.25) is 9.78 Å². The van der Waals surface area contributed by atoms with Gasteiger partial charge in [0.25, 0.3) is 5.91 Å². The van der Waals surface area contributed by atoms with E-state index in [0.29, 0.717) is 11.3 Å². The number of nitrogens with zero attached hydrogens (tertiary/aromatic N) is 3. The van der Waals surface area contributed by atoms with Crippen molar-refractivity contribution in [3.05, 3.63) is 48.5 Å². The quantitative estimate of drug-likeness (QED) is 0.668. The van der Waals surface area contributed by atoms with E-state index in [2.05, 4.69) is 10.1 Å². The second-order valence-corrected chi connectivity index (χ2v) is 4.13. The van der Waals surface area contributed by atoms with E-state index in [-0.39, 0.29) is 0 Å². The van der Waals surface area contributed by atoms with E-state index in [1.165, 1.54) is 6.20 Å². The van der Waals surface area contributed by atoms with E-state index >= 15 is 0 Å². The van der Waals surface area contributed by atoms with Crippen LogP contribution in [0.5, 0.6) is 0 Å². The van der Waals surface area contributed by atoms with Crippen LogP contribution in [0, 0.1) is 0 Å². The molecule has 19 heavy (non-hydrogen) atoms. The Morgan fingerprint density at radius 1 is 1.16 bits per heavy atom. The molecular weight excluding hydrogens is 242 g/mol. The van der Waals surface area contributed by atoms with Crippen molar-refractivity contribution in [1.29, 1.82) is 0 Å². The van der Waals surface area contributed by atoms with Crippen molar-refractivity contribution >= 4 is 22.4 Å². The summed E-state index contributed by atoms with van der Waals surface area (Å²) in [6.07, 6.45) is 6.41. The Bertz CT molecular complexity index is 778. The third-order valence-electron chi connectivity index (χ3n) is 2.94. The van der Waals surface area contributed by atoms with Crippen molar-refractivity contribution in [2.24, 2.45) is 5.73 Å². The zero-order valence-electron chi connectivity index (χ0n) is 9.95. The predicted octanol–water partition coefficient (Wildman–Crippen LogP) is 1.10. The normalized spacial score (nSPS) is 10.7. The van der Waals surface area contributed by atoms with Crippen LogP contribution in [0.3, 0.4) is 0 Å². The van der Waals surface area contributed by atoms with Crippen molar-refractivity contribution in [3.63, 3.8) is 0 Å². The molecule has 0 spiro atoms. The first kappa shape index (κ1) is 11.2. The topological polar surface area (TPSA) is 99.8 Å². The van der Waals surface area contributed by atoms with Crippen LogP contribution < -0.4 is 11.5 Å². The second-order valence-electron chi connectivity index (χ2n) is 4.13. The van der Waals surface area contributed by atoms with Gasteiger partial charge in [0.15, 0.2) is 0 Å². The van der Waals surface area contributed by atoms with Crippen LogP contribution in [0.25, 0.3) is 16.5 Å². The Hall–Kier alpha value is -2.89. The van der Waals surface area contributed by atoms with Crippen LogP contribution >= 0.6 is 0 Å². The summed E-state index contributed by atoms with van der Waals surface area (Å²) >= 11 is 0. The molecule has 0 fully saturated rings. The standard InChI is InChI=1S/C13H11N5O/c14-11-1-2-12(10-6-16-4-3-9(10)11)18-7-8(5-17-18)13(15)19/h1-7H,14H2,(H2,15,19). The average molecular weight is 253 g/mol. The summed E-state index contributed by atoms with van der Waals surface area (Å²) in [7, 11) is 0. The number of hydrogen-bond acceptors (Lipinski definition) is 4. The molecule has 0 aliphatic rings. The molecule has 3 aromatic rings. The van der Waals surface area contributed by atoms with E-state index in [4.69, 9.17) is 11.5 Å². The molecule has 0 saturated carbocycles. The number of amides is 1. The van der Waals surface area contributed by atoms with E-state index < -0.39 is 5.91 Å². The molecular formula is C13H11N5O. The maximum Gasteiger partial charge on any atom is 0.251 e. The van der Waals surface area contributed by atoms with Crippen molar-refractivity contribution in [3.8, 4) is 5.69 Å². The largest absolute Gasteiger partial charge is 0.398 e. The fraction of sp³-hybridized carbons (Fsp3) is 0. The molecule has 6 heteroatoms. The molecule has 6 nitrogen and oxygen atoms in total. The summed E-state index contributed by atoms with van der Waals surface area (Å²) in [5.74, 6) is -0.510. The van der Waals surface area contributed by atoms with Gasteiger partial charge in [0.05, 0.1) is 17.4 Å². The lowest BCUT2D eigenvalue weighted by molar-refractivity contribution is 0.100. The van der Waals surface area contributed by atoms with Crippen molar-refractivity contribution < 1.29 is 4.79 Å². The lowest BCUT2D eigenvalue weighted by atomic mass is 10.1. The molecule has 0 radical (unpaired) electrons. The molecule has 0 unspecified atom stereocenters. The monoisotopic (exact) mass is 253 g/mol. The minimum Gasteiger partial charge on any atom is -0.398 e. The molecule has 1 aromatic carbocycles. The number of primary amides is 1. The zero-order chi connectivity index (χ0) is 13.4. The Morgan fingerprint density at radius 3 is 2.74 bits per heavy atom. The molecule has 0 aliphatic carbocycles. The molecule has 0 bridgehead atoms. The van der Waals surface area contributed by atoms with Gasteiger partial charge < -0.3 is 11.5 Å². The summed E-state index contributed by atoms with van der Waals surface area (Å²) in [5, 5.41) is 5.89. The first-order valence-electron chi connectivity index (χ1n) is 5.64. The van der Waals surface area contributed by atoms with Crippen LogP contribution in [-0.2, 0) is 0 Å². The minimum absolute atomic E-state index is 0.355. The average Bonchev–Trinajstić information content (AvgIpc) is 2.89. The number of carbonyl (C=O) groups is 1. The van der Waals surface area contributed by atoms with Crippen molar-refractivity contribution in [2.75, 3.05) is 5.73 Å². The minimum atomic E-state index is -0.510. The van der Waals surface area contributed by atoms with Gasteiger partial charge in [-0.1, -0.05) is 0 Å². The molecule has 0 saturated heterocycles. The maximum absolute atomic E-state index is 11.1. The Kier molecular flexibility index (Phi) is 2.42. The van der Waals surface area contributed by atoms with E-state index in [1.807, 2.05) is 12.1 Å². The highest BCUT2D eigenvalue weighted by Crippen LogP contribution is 2.26. The Labute approximate surface area is 108 Å². The van der Waals surface area contributed by atoms with E-state index in [0.717, 1.165) is 16.5 Å². The highest BCUT2D eigenvalue weighted by molar-refractivity contribution is 5.98. The zero-order valence-corrected chi connectivity index (χ0v) is 9.95. The number of nitrogens with two attached hydrogens (primary N) is 2. The predicted molar refractivity (Wildman–Crippen MR) is 71.8 cm³/mol. The molecule has 2 aromatic heterocycles. The molecule has 0 aliphatic heterocycles.